The van der Waals surface area contributed by atoms with Crippen molar-refractivity contribution < 1.29 is 37.1 Å². The van der Waals surface area contributed by atoms with E-state index in [4.69, 9.17) is 14.2 Å². The van der Waals surface area contributed by atoms with Gasteiger partial charge in [0.1, 0.15) is 12.2 Å². The van der Waals surface area contributed by atoms with Gasteiger partial charge in [0, 0.05) is 0 Å². The van der Waals surface area contributed by atoms with Crippen molar-refractivity contribution in [3.05, 3.63) is 0 Å². The maximum atomic E-state index is 11.5. The molecule has 1 N–H and O–H groups in total. The van der Waals surface area contributed by atoms with Gasteiger partial charge < -0.3 is 23.9 Å². The van der Waals surface area contributed by atoms with E-state index < -0.39 is 40.8 Å². The highest BCUT2D eigenvalue weighted by molar-refractivity contribution is 7.85. The van der Waals surface area contributed by atoms with Crippen LogP contribution in [0.2, 0.25) is 0 Å². The third kappa shape index (κ3) is 2.25. The van der Waals surface area contributed by atoms with E-state index >= 15 is 0 Å². The Bertz CT molecular complexity index is 488. The highest BCUT2D eigenvalue weighted by Gasteiger charge is 2.65. The lowest BCUT2D eigenvalue weighted by atomic mass is 9.82. The van der Waals surface area contributed by atoms with Crippen LogP contribution in [0.3, 0.4) is 0 Å². The Kier molecular flexibility index (Phi) is 3.06. The number of rotatable bonds is 5. The van der Waals surface area contributed by atoms with Crippen LogP contribution in [0.15, 0.2) is 0 Å². The molecule has 108 valence electrons. The molecule has 0 amide bonds. The molecule has 0 aromatic carbocycles. The summed E-state index contributed by atoms with van der Waals surface area (Å²) in [5.41, 5.74) is 0. The van der Waals surface area contributed by atoms with E-state index in [1.54, 1.807) is 0 Å². The van der Waals surface area contributed by atoms with Crippen molar-refractivity contribution in [3.8, 4) is 0 Å². The minimum atomic E-state index is -4.38. The smallest absolute Gasteiger partial charge is 0.312 e. The topological polar surface area (TPSA) is 122 Å². The zero-order chi connectivity index (χ0) is 13.8. The number of fused-ring (bicyclic) bond motifs is 1. The molecule has 3 heterocycles. The Morgan fingerprint density at radius 1 is 1.47 bits per heavy atom. The molecular weight excluding hydrogens is 280 g/mol. The van der Waals surface area contributed by atoms with Gasteiger partial charge in [0.15, 0.2) is 6.29 Å². The van der Waals surface area contributed by atoms with Crippen LogP contribution in [0, 0.1) is 11.8 Å². The minimum absolute atomic E-state index is 0.263. The van der Waals surface area contributed by atoms with Crippen molar-refractivity contribution in [3.63, 3.8) is 0 Å². The normalized spacial score (nSPS) is 41.6. The average molecular weight is 293 g/mol. The molecule has 3 saturated heterocycles. The summed E-state index contributed by atoms with van der Waals surface area (Å²) in [6.07, 6.45) is -2.05. The Balaban J connectivity index is 1.60. The summed E-state index contributed by atoms with van der Waals surface area (Å²) in [6, 6.07) is 0. The number of carbonyl (C=O) groups is 1. The number of hydrogen-bond donors (Lipinski definition) is 1. The predicted molar refractivity (Wildman–Crippen MR) is 56.7 cm³/mol. The van der Waals surface area contributed by atoms with E-state index in [-0.39, 0.29) is 24.1 Å². The van der Waals surface area contributed by atoms with Gasteiger partial charge in [-0.25, -0.2) is 8.42 Å². The maximum Gasteiger partial charge on any atom is 0.312 e. The molecule has 19 heavy (non-hydrogen) atoms. The van der Waals surface area contributed by atoms with Gasteiger partial charge in [0.2, 0.25) is 0 Å². The Morgan fingerprint density at radius 2 is 2.21 bits per heavy atom. The van der Waals surface area contributed by atoms with Crippen LogP contribution in [0.5, 0.6) is 0 Å². The number of ether oxygens (including phenoxy) is 3. The molecule has 2 bridgehead atoms. The number of aliphatic hydroxyl groups is 1. The molecule has 0 aromatic heterocycles. The summed E-state index contributed by atoms with van der Waals surface area (Å²) in [7, 11) is -4.38. The van der Waals surface area contributed by atoms with Crippen LogP contribution in [0.25, 0.3) is 0 Å². The number of esters is 1. The number of hydrogen-bond acceptors (Lipinski definition) is 8. The highest BCUT2D eigenvalue weighted by atomic mass is 32.2. The van der Waals surface area contributed by atoms with Crippen LogP contribution < -0.4 is 0 Å². The molecule has 0 radical (unpaired) electrons. The van der Waals surface area contributed by atoms with Gasteiger partial charge in [0.25, 0.3) is 0 Å². The van der Waals surface area contributed by atoms with E-state index in [0.717, 1.165) is 0 Å². The molecule has 9 heteroatoms. The molecule has 3 aliphatic rings. The van der Waals surface area contributed by atoms with Gasteiger partial charge in [0.05, 0.1) is 40.4 Å². The van der Waals surface area contributed by atoms with E-state index in [2.05, 4.69) is 0 Å². The van der Waals surface area contributed by atoms with Crippen molar-refractivity contribution in [2.24, 2.45) is 11.8 Å². The summed E-state index contributed by atoms with van der Waals surface area (Å²) in [5, 5.41) is 9.88. The SMILES string of the molecule is O=C1OC2C3OC(CC13)C2C(O)OCCS(=O)(=O)[O-]. The van der Waals surface area contributed by atoms with Gasteiger partial charge in [-0.15, -0.1) is 0 Å². The van der Waals surface area contributed by atoms with Crippen LogP contribution in [-0.4, -0.2) is 61.0 Å². The molecule has 3 rings (SSSR count). The fourth-order valence-corrected chi connectivity index (χ4v) is 3.35. The van der Waals surface area contributed by atoms with Crippen molar-refractivity contribution in [2.45, 2.75) is 31.0 Å². The average Bonchev–Trinajstić information content (AvgIpc) is 2.87. The van der Waals surface area contributed by atoms with Gasteiger partial charge in [-0.2, -0.15) is 0 Å². The monoisotopic (exact) mass is 293 g/mol. The molecule has 3 aliphatic heterocycles. The third-order valence-electron chi connectivity index (χ3n) is 3.85. The van der Waals surface area contributed by atoms with Gasteiger partial charge in [-0.3, -0.25) is 4.79 Å². The van der Waals surface area contributed by atoms with Crippen LogP contribution in [0.4, 0.5) is 0 Å². The zero-order valence-corrected chi connectivity index (χ0v) is 10.6. The lowest BCUT2D eigenvalue weighted by molar-refractivity contribution is -0.165. The Hall–Kier alpha value is -0.740. The van der Waals surface area contributed by atoms with Gasteiger partial charge in [-0.05, 0) is 6.42 Å². The molecule has 0 spiro atoms. The fourth-order valence-electron chi connectivity index (χ4n) is 3.05. The minimum Gasteiger partial charge on any atom is -0.748 e. The molecule has 6 unspecified atom stereocenters. The Labute approximate surface area is 109 Å². The summed E-state index contributed by atoms with van der Waals surface area (Å²) in [6.45, 7) is -0.398. The van der Waals surface area contributed by atoms with Crippen LogP contribution in [0.1, 0.15) is 6.42 Å². The first-order chi connectivity index (χ1) is 8.87. The van der Waals surface area contributed by atoms with Crippen molar-refractivity contribution >= 4 is 16.1 Å². The summed E-state index contributed by atoms with van der Waals surface area (Å²) in [5.74, 6) is -1.82. The lowest BCUT2D eigenvalue weighted by Gasteiger charge is -2.26. The molecule has 6 atom stereocenters. The van der Waals surface area contributed by atoms with E-state index in [0.29, 0.717) is 6.42 Å². The summed E-state index contributed by atoms with van der Waals surface area (Å²) in [4.78, 5) is 11.5. The second-order valence-electron chi connectivity index (χ2n) is 4.98. The molecule has 8 nitrogen and oxygen atoms in total. The van der Waals surface area contributed by atoms with Crippen molar-refractivity contribution in [1.29, 1.82) is 0 Å². The summed E-state index contributed by atoms with van der Waals surface area (Å²) < 4.78 is 46.9. The lowest BCUT2D eigenvalue weighted by Crippen LogP contribution is -2.41. The third-order valence-corrected chi connectivity index (χ3v) is 4.52. The second-order valence-corrected chi connectivity index (χ2v) is 6.51. The zero-order valence-electron chi connectivity index (χ0n) is 9.80. The van der Waals surface area contributed by atoms with Crippen LogP contribution >= 0.6 is 0 Å². The first-order valence-electron chi connectivity index (χ1n) is 5.96. The predicted octanol–water partition coefficient (Wildman–Crippen LogP) is -1.80. The standard InChI is InChI=1S/C10H14O8S/c11-9-4-3-5-6(8(18-9)7(4)17-5)10(12)16-1-2-19(13,14)15/h4-8,10,12H,1-3H2,(H,13,14,15)/p-1. The molecule has 3 fully saturated rings. The molecule has 0 aliphatic carbocycles. The second kappa shape index (κ2) is 4.38. The van der Waals surface area contributed by atoms with E-state index in [1.165, 1.54) is 0 Å². The molecular formula is C10H13O8S-. The largest absolute Gasteiger partial charge is 0.748 e. The first kappa shape index (κ1) is 13.3. The maximum absolute atomic E-state index is 11.5. The van der Waals surface area contributed by atoms with Crippen LogP contribution in [-0.2, 0) is 29.1 Å². The fraction of sp³-hybridized carbons (Fsp3) is 0.900. The van der Waals surface area contributed by atoms with Gasteiger partial charge in [-0.1, -0.05) is 0 Å². The van der Waals surface area contributed by atoms with Crippen molar-refractivity contribution in [1.82, 2.24) is 0 Å². The Morgan fingerprint density at radius 3 is 2.89 bits per heavy atom. The molecule has 0 aromatic rings. The quantitative estimate of drug-likeness (QED) is 0.358. The number of carbonyl (C=O) groups excluding carboxylic acids is 1. The number of aliphatic hydroxyl groups excluding tert-OH is 1. The van der Waals surface area contributed by atoms with Crippen molar-refractivity contribution in [2.75, 3.05) is 12.4 Å². The molecule has 0 saturated carbocycles. The summed E-state index contributed by atoms with van der Waals surface area (Å²) >= 11 is 0. The van der Waals surface area contributed by atoms with Gasteiger partial charge >= 0.3 is 5.97 Å². The highest BCUT2D eigenvalue weighted by Crippen LogP contribution is 2.50. The van der Waals surface area contributed by atoms with E-state index in [9.17, 15) is 22.9 Å². The van der Waals surface area contributed by atoms with E-state index in [1.807, 2.05) is 0 Å². The first-order valence-corrected chi connectivity index (χ1v) is 7.54.